The molecule has 194 valence electrons. The van der Waals surface area contributed by atoms with Crippen molar-refractivity contribution in [2.24, 2.45) is 23.5 Å². The molecule has 1 amide bonds. The number of aliphatic hydroxyl groups is 3. The Hall–Kier alpha value is -3.37. The van der Waals surface area contributed by atoms with Crippen molar-refractivity contribution in [3.05, 3.63) is 39.7 Å². The second-order valence-electron chi connectivity index (χ2n) is 10.6. The molecule has 1 aromatic carbocycles. The summed E-state index contributed by atoms with van der Waals surface area (Å²) in [6, 6.07) is 1.85. The van der Waals surface area contributed by atoms with Crippen LogP contribution in [0.15, 0.2) is 23.0 Å². The smallest absolute Gasteiger partial charge is 0.255 e. The van der Waals surface area contributed by atoms with Crippen LogP contribution in [0.3, 0.4) is 0 Å². The van der Waals surface area contributed by atoms with E-state index in [9.17, 15) is 34.8 Å². The maximum absolute atomic E-state index is 13.7. The predicted octanol–water partition coefficient (Wildman–Crippen LogP) is 1.24. The summed E-state index contributed by atoms with van der Waals surface area (Å²) in [5.74, 6) is -5.85. The third-order valence-corrected chi connectivity index (χ3v) is 7.47. The largest absolute Gasteiger partial charge is 0.508 e. The Morgan fingerprint density at radius 2 is 1.89 bits per heavy atom. The van der Waals surface area contributed by atoms with Crippen LogP contribution in [0.2, 0.25) is 0 Å². The Labute approximate surface area is 209 Å². The Morgan fingerprint density at radius 1 is 1.22 bits per heavy atom. The number of aromatic hydroxyl groups is 1. The van der Waals surface area contributed by atoms with Crippen molar-refractivity contribution in [1.82, 2.24) is 5.32 Å². The number of primary amides is 1. The second-order valence-corrected chi connectivity index (χ2v) is 10.6. The Morgan fingerprint density at radius 3 is 2.47 bits per heavy atom. The quantitative estimate of drug-likeness (QED) is 0.315. The van der Waals surface area contributed by atoms with Crippen LogP contribution in [0.25, 0.3) is 5.76 Å². The zero-order valence-corrected chi connectivity index (χ0v) is 20.9. The normalized spacial score (nSPS) is 25.6. The number of benzene rings is 1. The summed E-state index contributed by atoms with van der Waals surface area (Å²) in [5, 5.41) is 47.8. The molecular weight excluding hydrogens is 466 g/mol. The van der Waals surface area contributed by atoms with Gasteiger partial charge < -0.3 is 36.4 Å². The van der Waals surface area contributed by atoms with Gasteiger partial charge in [0, 0.05) is 49.8 Å². The van der Waals surface area contributed by atoms with E-state index >= 15 is 0 Å². The van der Waals surface area contributed by atoms with E-state index in [0.717, 1.165) is 5.69 Å². The highest BCUT2D eigenvalue weighted by Crippen LogP contribution is 2.53. The summed E-state index contributed by atoms with van der Waals surface area (Å²) < 4.78 is 0. The van der Waals surface area contributed by atoms with Gasteiger partial charge in [0.2, 0.25) is 5.78 Å². The molecule has 0 bridgehead atoms. The van der Waals surface area contributed by atoms with E-state index in [4.69, 9.17) is 5.73 Å². The highest BCUT2D eigenvalue weighted by Gasteiger charge is 2.60. The number of hydrogen-bond acceptors (Lipinski definition) is 9. The minimum absolute atomic E-state index is 0.105. The van der Waals surface area contributed by atoms with Crippen molar-refractivity contribution in [1.29, 1.82) is 0 Å². The number of anilines is 1. The molecule has 4 rings (SSSR count). The highest BCUT2D eigenvalue weighted by molar-refractivity contribution is 6.22. The fraction of sp³-hybridized carbons (Fsp3) is 0.500. The lowest BCUT2D eigenvalue weighted by atomic mass is 9.59. The molecule has 10 heteroatoms. The molecule has 0 aliphatic heterocycles. The molecule has 0 radical (unpaired) electrons. The van der Waals surface area contributed by atoms with E-state index in [-0.39, 0.29) is 36.1 Å². The van der Waals surface area contributed by atoms with Gasteiger partial charge in [0.25, 0.3) is 5.91 Å². The second kappa shape index (κ2) is 8.94. The lowest BCUT2D eigenvalue weighted by Crippen LogP contribution is -2.58. The van der Waals surface area contributed by atoms with Gasteiger partial charge in [0.1, 0.15) is 22.8 Å². The zero-order valence-electron chi connectivity index (χ0n) is 20.9. The lowest BCUT2D eigenvalue weighted by Gasteiger charge is -2.46. The van der Waals surface area contributed by atoms with Crippen molar-refractivity contribution < 1.29 is 34.8 Å². The van der Waals surface area contributed by atoms with Crippen LogP contribution >= 0.6 is 0 Å². The summed E-state index contributed by atoms with van der Waals surface area (Å²) in [4.78, 5) is 39.8. The number of carbonyl (C=O) groups excluding carboxylic acids is 3. The minimum atomic E-state index is -2.56. The van der Waals surface area contributed by atoms with Gasteiger partial charge in [-0.15, -0.1) is 0 Å². The maximum Gasteiger partial charge on any atom is 0.255 e. The van der Waals surface area contributed by atoms with Gasteiger partial charge in [-0.2, -0.15) is 0 Å². The Kier molecular flexibility index (Phi) is 6.38. The fourth-order valence-electron chi connectivity index (χ4n) is 5.75. The molecular formula is C26H33N3O7. The molecule has 0 aromatic heterocycles. The zero-order chi connectivity index (χ0) is 26.7. The van der Waals surface area contributed by atoms with E-state index in [0.29, 0.717) is 30.1 Å². The van der Waals surface area contributed by atoms with Crippen LogP contribution in [0, 0.1) is 17.8 Å². The predicted molar refractivity (Wildman–Crippen MR) is 132 cm³/mol. The minimum Gasteiger partial charge on any atom is -0.508 e. The number of nitrogens with zero attached hydrogens (tertiary/aromatic N) is 1. The number of fused-ring (bicyclic) bond motifs is 3. The van der Waals surface area contributed by atoms with Crippen LogP contribution in [-0.2, 0) is 27.3 Å². The molecule has 7 N–H and O–H groups in total. The molecule has 10 nitrogen and oxygen atoms in total. The number of carbonyl (C=O) groups is 3. The van der Waals surface area contributed by atoms with E-state index in [2.05, 4.69) is 19.2 Å². The molecule has 1 aromatic rings. The van der Waals surface area contributed by atoms with Crippen LogP contribution < -0.4 is 16.0 Å². The van der Waals surface area contributed by atoms with E-state index in [1.54, 1.807) is 0 Å². The Bertz CT molecular complexity index is 1230. The highest BCUT2D eigenvalue weighted by atomic mass is 16.3. The van der Waals surface area contributed by atoms with Gasteiger partial charge in [-0.3, -0.25) is 14.4 Å². The van der Waals surface area contributed by atoms with E-state index in [1.807, 2.05) is 25.1 Å². The summed E-state index contributed by atoms with van der Waals surface area (Å²) >= 11 is 0. The summed E-state index contributed by atoms with van der Waals surface area (Å²) in [6.07, 6.45) is 0.0393. The number of rotatable bonds is 6. The number of ketones is 2. The number of aliphatic hydroxyl groups excluding tert-OH is 2. The molecule has 1 fully saturated rings. The summed E-state index contributed by atoms with van der Waals surface area (Å²) in [7, 11) is 3.68. The SMILES string of the molecule is CC(C)CNCc1cc(N(C)C)c2c(c1O)C(O)=C1C(=O)[C@]3(O)C(O)=C(C(N)=O)C(=O)CC3C[C@@H]1C2. The standard InChI is InChI=1S/C26H33N3O7/c1-11(2)9-28-10-13-7-16(29(3)4)15-6-12-5-14-8-17(30)20(25(27)35)24(34)26(14,36)23(33)18(12)22(32)19(15)21(13)31/h7,11-12,14,28,31-32,34,36H,5-6,8-10H2,1-4H3,(H2,27,35)/t12-,14?,26+/m1/s1. The fourth-order valence-corrected chi connectivity index (χ4v) is 5.75. The van der Waals surface area contributed by atoms with Crippen LogP contribution in [0.5, 0.6) is 5.75 Å². The van der Waals surface area contributed by atoms with Crippen LogP contribution in [-0.4, -0.2) is 64.1 Å². The number of nitrogens with one attached hydrogen (secondary N) is 1. The first kappa shape index (κ1) is 25.7. The number of phenolic OH excluding ortho intramolecular Hbond substituents is 1. The summed E-state index contributed by atoms with van der Waals surface area (Å²) in [5.41, 5.74) is 3.78. The first-order valence-corrected chi connectivity index (χ1v) is 12.0. The number of amides is 1. The lowest BCUT2D eigenvalue weighted by molar-refractivity contribution is -0.147. The summed E-state index contributed by atoms with van der Waals surface area (Å²) in [6.45, 7) is 5.15. The topological polar surface area (TPSA) is 173 Å². The van der Waals surface area contributed by atoms with E-state index in [1.165, 1.54) is 0 Å². The van der Waals surface area contributed by atoms with Gasteiger partial charge >= 0.3 is 0 Å². The van der Waals surface area contributed by atoms with Crippen molar-refractivity contribution in [2.45, 2.75) is 45.3 Å². The molecule has 0 saturated heterocycles. The van der Waals surface area contributed by atoms with Crippen molar-refractivity contribution in [3.8, 4) is 5.75 Å². The van der Waals surface area contributed by atoms with Gasteiger partial charge in [-0.05, 0) is 42.9 Å². The van der Waals surface area contributed by atoms with Gasteiger partial charge in [-0.25, -0.2) is 0 Å². The van der Waals surface area contributed by atoms with Crippen LogP contribution in [0.4, 0.5) is 5.69 Å². The van der Waals surface area contributed by atoms with Crippen molar-refractivity contribution in [2.75, 3.05) is 25.5 Å². The van der Waals surface area contributed by atoms with Gasteiger partial charge in [0.15, 0.2) is 11.4 Å². The first-order chi connectivity index (χ1) is 16.8. The molecule has 3 aliphatic carbocycles. The van der Waals surface area contributed by atoms with Gasteiger partial charge in [0.05, 0.1) is 5.56 Å². The van der Waals surface area contributed by atoms with E-state index < -0.39 is 52.0 Å². The van der Waals surface area contributed by atoms with Crippen LogP contribution in [0.1, 0.15) is 43.4 Å². The molecule has 1 saturated carbocycles. The molecule has 3 aliphatic rings. The molecule has 3 atom stereocenters. The molecule has 0 heterocycles. The van der Waals surface area contributed by atoms with Crippen molar-refractivity contribution in [3.63, 3.8) is 0 Å². The monoisotopic (exact) mass is 499 g/mol. The average Bonchev–Trinajstić information content (AvgIpc) is 2.77. The number of Topliss-reactive ketones (excluding diaryl/α,β-unsaturated/α-hetero) is 2. The third-order valence-electron chi connectivity index (χ3n) is 7.47. The molecule has 0 spiro atoms. The number of phenols is 1. The Balaban J connectivity index is 1.88. The number of nitrogens with two attached hydrogens (primary N) is 1. The number of hydrogen-bond donors (Lipinski definition) is 6. The van der Waals surface area contributed by atoms with Crippen molar-refractivity contribution >= 4 is 28.9 Å². The third kappa shape index (κ3) is 3.75. The molecule has 1 unspecified atom stereocenters. The van der Waals surface area contributed by atoms with Gasteiger partial charge in [-0.1, -0.05) is 13.8 Å². The average molecular weight is 500 g/mol. The molecule has 36 heavy (non-hydrogen) atoms. The maximum atomic E-state index is 13.7. The first-order valence-electron chi connectivity index (χ1n) is 12.0.